The first-order chi connectivity index (χ1) is 32.6. The highest BCUT2D eigenvalue weighted by Crippen LogP contribution is 2.36. The summed E-state index contributed by atoms with van der Waals surface area (Å²) in [4.78, 5) is 70.6. The Morgan fingerprint density at radius 3 is 2.14 bits per heavy atom. The third-order valence-corrected chi connectivity index (χ3v) is 11.1. The van der Waals surface area contributed by atoms with Crippen LogP contribution in [0.4, 0.5) is 5.69 Å². The van der Waals surface area contributed by atoms with Crippen LogP contribution in [-0.2, 0) is 57.1 Å². The van der Waals surface area contributed by atoms with Gasteiger partial charge in [0, 0.05) is 44.9 Å². The molecule has 0 aliphatic carbocycles. The van der Waals surface area contributed by atoms with E-state index in [1.165, 1.54) is 24.3 Å². The molecule has 3 aliphatic heterocycles. The van der Waals surface area contributed by atoms with Gasteiger partial charge >= 0.3 is 17.9 Å². The van der Waals surface area contributed by atoms with Gasteiger partial charge < -0.3 is 105 Å². The number of aliphatic carboxylic acids is 1. The summed E-state index contributed by atoms with van der Waals surface area (Å²) in [6.07, 6.45) is -27.1. The monoisotopic (exact) mass is 997 g/mol. The van der Waals surface area contributed by atoms with E-state index in [1.807, 2.05) is 0 Å². The lowest BCUT2D eigenvalue weighted by Crippen LogP contribution is -2.69. The number of ether oxygens (including phenoxy) is 8. The minimum atomic E-state index is -2.98. The number of esters is 2. The average molecular weight is 998 g/mol. The molecular weight excluding hydrogens is 938 g/mol. The predicted octanol–water partition coefficient (Wildman–Crippen LogP) is -6.08. The topological polar surface area (TPSA) is 449 Å². The van der Waals surface area contributed by atoms with Gasteiger partial charge in [-0.1, -0.05) is 0 Å². The number of nitrogens with zero attached hydrogens (tertiary/aromatic N) is 1. The highest BCUT2D eigenvalue weighted by molar-refractivity contribution is 5.78. The van der Waals surface area contributed by atoms with E-state index in [4.69, 9.17) is 33.2 Å². The van der Waals surface area contributed by atoms with E-state index in [0.29, 0.717) is 12.8 Å². The molecule has 13 N–H and O–H groups in total. The number of nitro groups is 1. The summed E-state index contributed by atoms with van der Waals surface area (Å²) in [5.41, 5.74) is -0.164. The maximum atomic E-state index is 12.7. The summed E-state index contributed by atoms with van der Waals surface area (Å²) >= 11 is 0. The van der Waals surface area contributed by atoms with Crippen molar-refractivity contribution < 1.29 is 123 Å². The largest absolute Gasteiger partial charge is 0.477 e. The van der Waals surface area contributed by atoms with Crippen LogP contribution in [-0.4, -0.2) is 228 Å². The van der Waals surface area contributed by atoms with Crippen LogP contribution < -0.4 is 15.4 Å². The zero-order valence-electron chi connectivity index (χ0n) is 36.9. The van der Waals surface area contributed by atoms with Gasteiger partial charge in [0.05, 0.1) is 36.9 Å². The summed E-state index contributed by atoms with van der Waals surface area (Å²) in [6.45, 7) is -2.99. The number of non-ortho nitro benzene ring substituents is 1. The first-order valence-corrected chi connectivity index (χ1v) is 21.6. The summed E-state index contributed by atoms with van der Waals surface area (Å²) in [5.74, 6) is -7.73. The first-order valence-electron chi connectivity index (χ1n) is 21.6. The van der Waals surface area contributed by atoms with Crippen molar-refractivity contribution in [3.8, 4) is 5.75 Å². The standard InChI is InChI=1S/C40H59N3O26/c1-18(46)63-16-22(48)29(52)36-28(42-26(50)15-45)21(47)13-40(69-36,39(58)59)64-17-24-30(53)31(54)33(56)38(67-24)68-35-23(14-44)66-37(34(57)32(35)55)62-12-4-11-41-25(49)5-2-3-6-27(51)65-20-9-7-19(8-10-20)43(60)61/h7-10,21-24,28-38,44-45,47-48,52-57H,2-6,11-17H2,1H3,(H,41,49)(H,42,50)(H,58,59)/t21-,22+,23+,24+,28+,29+,30-,31-,32+,33+,34+,35+,36+,37+,38-,40+/m0/s1. The molecular formula is C40H59N3O26. The van der Waals surface area contributed by atoms with E-state index in [-0.39, 0.29) is 49.8 Å². The molecule has 3 heterocycles. The quantitative estimate of drug-likeness (QED) is 0.0143. The third-order valence-electron chi connectivity index (χ3n) is 11.1. The zero-order valence-corrected chi connectivity index (χ0v) is 36.9. The molecule has 3 aliphatic rings. The number of hydrogen-bond acceptors (Lipinski definition) is 25. The molecule has 29 heteroatoms. The van der Waals surface area contributed by atoms with Gasteiger partial charge in [-0.25, -0.2) is 4.79 Å². The average Bonchev–Trinajstić information content (AvgIpc) is 3.31. The number of carboxylic acids is 1. The van der Waals surface area contributed by atoms with Crippen molar-refractivity contribution in [3.63, 3.8) is 0 Å². The Hall–Kier alpha value is -4.67. The fraction of sp³-hybridized carbons (Fsp3) is 0.725. The second kappa shape index (κ2) is 26.5. The minimum absolute atomic E-state index is 0.00947. The predicted molar refractivity (Wildman–Crippen MR) is 220 cm³/mol. The van der Waals surface area contributed by atoms with Crippen molar-refractivity contribution in [1.82, 2.24) is 10.6 Å². The number of nitro benzene ring substituents is 1. The normalized spacial score (nSPS) is 32.2. The molecule has 3 saturated heterocycles. The highest BCUT2D eigenvalue weighted by atomic mass is 16.8. The van der Waals surface area contributed by atoms with Crippen molar-refractivity contribution in [3.05, 3.63) is 34.4 Å². The van der Waals surface area contributed by atoms with Gasteiger partial charge in [-0.2, -0.15) is 0 Å². The number of aliphatic hydroxyl groups excluding tert-OH is 10. The Labute approximate surface area is 391 Å². The molecule has 1 aromatic rings. The summed E-state index contributed by atoms with van der Waals surface area (Å²) in [6, 6.07) is 3.25. The molecule has 390 valence electrons. The van der Waals surface area contributed by atoms with Crippen LogP contribution in [0, 0.1) is 10.1 Å². The van der Waals surface area contributed by atoms with Crippen molar-refractivity contribution in [2.75, 3.05) is 39.6 Å². The van der Waals surface area contributed by atoms with Crippen molar-refractivity contribution in [2.45, 2.75) is 143 Å². The zero-order chi connectivity index (χ0) is 51.2. The number of hydrogen-bond donors (Lipinski definition) is 13. The van der Waals surface area contributed by atoms with Crippen LogP contribution in [0.2, 0.25) is 0 Å². The van der Waals surface area contributed by atoms with Crippen molar-refractivity contribution in [2.24, 2.45) is 0 Å². The van der Waals surface area contributed by atoms with Gasteiger partial charge in [-0.05, 0) is 31.4 Å². The van der Waals surface area contributed by atoms with Gasteiger partial charge in [0.2, 0.25) is 11.8 Å². The Balaban J connectivity index is 1.28. The highest BCUT2D eigenvalue weighted by Gasteiger charge is 2.57. The van der Waals surface area contributed by atoms with Crippen LogP contribution in [0.1, 0.15) is 45.4 Å². The molecule has 4 rings (SSSR count). The molecule has 1 aromatic carbocycles. The van der Waals surface area contributed by atoms with Gasteiger partial charge in [-0.3, -0.25) is 29.3 Å². The number of aliphatic hydroxyl groups is 10. The van der Waals surface area contributed by atoms with E-state index in [2.05, 4.69) is 15.4 Å². The molecule has 3 fully saturated rings. The number of amides is 2. The number of rotatable bonds is 25. The lowest BCUT2D eigenvalue weighted by molar-refractivity contribution is -0.384. The first kappa shape index (κ1) is 56.9. The van der Waals surface area contributed by atoms with E-state index in [1.54, 1.807) is 0 Å². The van der Waals surface area contributed by atoms with E-state index in [0.717, 1.165) is 6.92 Å². The van der Waals surface area contributed by atoms with E-state index >= 15 is 0 Å². The smallest absolute Gasteiger partial charge is 0.364 e. The van der Waals surface area contributed by atoms with Gasteiger partial charge in [-0.15, -0.1) is 0 Å². The van der Waals surface area contributed by atoms with Crippen LogP contribution in [0.5, 0.6) is 5.75 Å². The molecule has 0 aromatic heterocycles. The summed E-state index contributed by atoms with van der Waals surface area (Å²) in [5, 5.41) is 132. The Morgan fingerprint density at radius 1 is 0.870 bits per heavy atom. The summed E-state index contributed by atoms with van der Waals surface area (Å²) in [7, 11) is 0. The third kappa shape index (κ3) is 15.7. The molecule has 0 radical (unpaired) electrons. The number of carbonyl (C=O) groups excluding carboxylic acids is 4. The fourth-order valence-corrected chi connectivity index (χ4v) is 7.32. The molecule has 0 unspecified atom stereocenters. The van der Waals surface area contributed by atoms with Gasteiger partial charge in [0.25, 0.3) is 11.5 Å². The molecule has 29 nitrogen and oxygen atoms in total. The SMILES string of the molecule is CC(=O)OC[C@@H](O)[C@@H](O)[C@@H]1O[C@@](OC[C@H]2O[C@@H](O[C@H]3[C@H](O)[C@@H](O)[C@H](OCCCNC(=O)CCCCC(=O)Oc4ccc([N+](=O)[O-])cc4)O[C@@H]3CO)[C@H](O)[C@@H](O)[C@H]2O)(C(=O)O)C[C@H](O)[C@H]1NC(=O)CO. The second-order valence-corrected chi connectivity index (χ2v) is 16.2. The maximum Gasteiger partial charge on any atom is 0.364 e. The van der Waals surface area contributed by atoms with Crippen molar-refractivity contribution in [1.29, 1.82) is 0 Å². The number of benzene rings is 1. The Bertz CT molecular complexity index is 1860. The van der Waals surface area contributed by atoms with Crippen LogP contribution in [0.3, 0.4) is 0 Å². The fourth-order valence-electron chi connectivity index (χ4n) is 7.32. The molecule has 16 atom stereocenters. The second-order valence-electron chi connectivity index (χ2n) is 16.2. The van der Waals surface area contributed by atoms with Gasteiger partial charge in [0.1, 0.15) is 86.1 Å². The lowest BCUT2D eigenvalue weighted by atomic mass is 9.88. The van der Waals surface area contributed by atoms with Crippen LogP contribution in [0.25, 0.3) is 0 Å². The Kier molecular flexibility index (Phi) is 21.9. The number of unbranched alkanes of at least 4 members (excludes halogenated alkanes) is 1. The van der Waals surface area contributed by atoms with E-state index < -0.39 is 159 Å². The molecule has 0 saturated carbocycles. The van der Waals surface area contributed by atoms with Gasteiger partial charge in [0.15, 0.2) is 12.6 Å². The molecule has 0 spiro atoms. The minimum Gasteiger partial charge on any atom is -0.477 e. The molecule has 69 heavy (non-hydrogen) atoms. The van der Waals surface area contributed by atoms with Crippen LogP contribution >= 0.6 is 0 Å². The van der Waals surface area contributed by atoms with E-state index in [9.17, 15) is 90.3 Å². The number of nitrogens with one attached hydrogen (secondary N) is 2. The maximum absolute atomic E-state index is 12.7. The number of carboxylic acid groups (broad SMARTS) is 1. The van der Waals surface area contributed by atoms with Crippen molar-refractivity contribution >= 4 is 35.4 Å². The molecule has 0 bridgehead atoms. The van der Waals surface area contributed by atoms with Crippen LogP contribution in [0.15, 0.2) is 24.3 Å². The lowest BCUT2D eigenvalue weighted by Gasteiger charge is -2.48. The summed E-state index contributed by atoms with van der Waals surface area (Å²) < 4.78 is 43.2. The Morgan fingerprint density at radius 2 is 1.52 bits per heavy atom. The number of carbonyl (C=O) groups is 5. The molecule has 2 amide bonds.